The average Bonchev–Trinajstić information content (AvgIpc) is 3.19. The number of halogens is 1. The van der Waals surface area contributed by atoms with Crippen LogP contribution in [0, 0.1) is 0 Å². The van der Waals surface area contributed by atoms with Crippen molar-refractivity contribution in [3.8, 4) is 5.75 Å². The summed E-state index contributed by atoms with van der Waals surface area (Å²) >= 11 is 7.19. The molecule has 0 aliphatic carbocycles. The van der Waals surface area contributed by atoms with Gasteiger partial charge in [-0.25, -0.2) is 4.79 Å². The summed E-state index contributed by atoms with van der Waals surface area (Å²) in [6.07, 6.45) is -0.341. The van der Waals surface area contributed by atoms with Gasteiger partial charge in [0.1, 0.15) is 5.75 Å². The highest BCUT2D eigenvalue weighted by Crippen LogP contribution is 2.24. The quantitative estimate of drug-likeness (QED) is 0.606. The van der Waals surface area contributed by atoms with E-state index in [2.05, 4.69) is 10.2 Å². The third kappa shape index (κ3) is 6.01. The molecule has 9 nitrogen and oxygen atoms in total. The largest absolute Gasteiger partial charge is 0.482 e. The lowest BCUT2D eigenvalue weighted by Gasteiger charge is -2.33. The molecular weight excluding hydrogens is 420 g/mol. The maximum absolute atomic E-state index is 12.4. The number of carbonyl (C=O) groups excluding carboxylic acids is 2. The van der Waals surface area contributed by atoms with Crippen LogP contribution in [0.25, 0.3) is 0 Å². The van der Waals surface area contributed by atoms with E-state index in [9.17, 15) is 9.59 Å². The van der Waals surface area contributed by atoms with Crippen molar-refractivity contribution in [2.24, 2.45) is 0 Å². The number of piperazine rings is 1. The molecule has 0 saturated carbocycles. The Morgan fingerprint density at radius 2 is 1.90 bits per heavy atom. The van der Waals surface area contributed by atoms with Crippen LogP contribution in [0.15, 0.2) is 33.9 Å². The number of benzene rings is 1. The highest BCUT2D eigenvalue weighted by Gasteiger charge is 2.25. The molecule has 0 atom stereocenters. The van der Waals surface area contributed by atoms with Crippen molar-refractivity contribution in [1.82, 2.24) is 20.0 Å². The molecule has 3 rings (SSSR count). The van der Waals surface area contributed by atoms with Crippen LogP contribution in [0.5, 0.6) is 5.75 Å². The van der Waals surface area contributed by atoms with Crippen molar-refractivity contribution in [3.05, 3.63) is 35.2 Å². The van der Waals surface area contributed by atoms with E-state index >= 15 is 0 Å². The first-order valence-electron chi connectivity index (χ1n) is 9.08. The van der Waals surface area contributed by atoms with Crippen molar-refractivity contribution in [1.29, 1.82) is 0 Å². The molecular formula is C18H21ClN4O5S. The lowest BCUT2D eigenvalue weighted by molar-refractivity contribution is -0.129. The number of nitrogens with zero attached hydrogens (tertiary/aromatic N) is 4. The molecule has 1 aliphatic rings. The molecule has 1 aromatic carbocycles. The molecule has 0 spiro atoms. The Morgan fingerprint density at radius 1 is 1.17 bits per heavy atom. The number of carbonyl (C=O) groups is 2. The first kappa shape index (κ1) is 21.3. The first-order chi connectivity index (χ1) is 14.1. The number of amides is 2. The van der Waals surface area contributed by atoms with Crippen LogP contribution in [0.1, 0.15) is 12.8 Å². The highest BCUT2D eigenvalue weighted by atomic mass is 35.5. The molecule has 0 N–H and O–H groups in total. The van der Waals surface area contributed by atoms with E-state index in [0.717, 1.165) is 11.8 Å². The summed E-state index contributed by atoms with van der Waals surface area (Å²) in [5, 5.41) is 8.61. The van der Waals surface area contributed by atoms with Crippen LogP contribution in [0.3, 0.4) is 0 Å². The average molecular weight is 441 g/mol. The first-order valence-corrected chi connectivity index (χ1v) is 10.4. The monoisotopic (exact) mass is 440 g/mol. The van der Waals surface area contributed by atoms with Crippen molar-refractivity contribution in [3.63, 3.8) is 0 Å². The second-order valence-corrected chi connectivity index (χ2v) is 7.37. The van der Waals surface area contributed by atoms with Crippen LogP contribution in [0.4, 0.5) is 4.79 Å². The summed E-state index contributed by atoms with van der Waals surface area (Å²) in [5.41, 5.74) is 0. The van der Waals surface area contributed by atoms with E-state index in [4.69, 9.17) is 25.5 Å². The zero-order valence-corrected chi connectivity index (χ0v) is 17.4. The third-order valence-electron chi connectivity index (χ3n) is 4.11. The zero-order chi connectivity index (χ0) is 20.6. The van der Waals surface area contributed by atoms with E-state index in [0.29, 0.717) is 54.7 Å². The normalized spacial score (nSPS) is 14.0. The minimum Gasteiger partial charge on any atom is -0.482 e. The van der Waals surface area contributed by atoms with Gasteiger partial charge in [0.15, 0.2) is 6.61 Å². The fraction of sp³-hybridized carbons (Fsp3) is 0.444. The summed E-state index contributed by atoms with van der Waals surface area (Å²) in [5.74, 6) is 0.944. The van der Waals surface area contributed by atoms with Crippen LogP contribution < -0.4 is 4.74 Å². The summed E-state index contributed by atoms with van der Waals surface area (Å²) in [6.45, 7) is 4.04. The molecule has 1 aliphatic heterocycles. The van der Waals surface area contributed by atoms with E-state index in [1.165, 1.54) is 0 Å². The minimum absolute atomic E-state index is 0.0504. The highest BCUT2D eigenvalue weighted by molar-refractivity contribution is 7.99. The predicted molar refractivity (Wildman–Crippen MR) is 106 cm³/mol. The lowest BCUT2D eigenvalue weighted by atomic mass is 10.3. The number of hydrogen-bond acceptors (Lipinski definition) is 8. The van der Waals surface area contributed by atoms with Crippen molar-refractivity contribution in [2.75, 3.05) is 38.5 Å². The SMILES string of the molecule is CCOC(=O)N1CCN(C(=O)CSc2nnc(COc3ccccc3Cl)o2)CC1. The van der Waals surface area contributed by atoms with E-state index in [1.807, 2.05) is 12.1 Å². The van der Waals surface area contributed by atoms with Gasteiger partial charge in [0.25, 0.3) is 11.1 Å². The van der Waals surface area contributed by atoms with Gasteiger partial charge in [-0.3, -0.25) is 4.79 Å². The third-order valence-corrected chi connectivity index (χ3v) is 5.23. The Labute approximate surface area is 177 Å². The van der Waals surface area contributed by atoms with Gasteiger partial charge >= 0.3 is 6.09 Å². The van der Waals surface area contributed by atoms with Crippen molar-refractivity contribution in [2.45, 2.75) is 18.8 Å². The van der Waals surface area contributed by atoms with Gasteiger partial charge in [0.05, 0.1) is 17.4 Å². The summed E-state index contributed by atoms with van der Waals surface area (Å²) in [6, 6.07) is 7.09. The number of hydrogen-bond donors (Lipinski definition) is 0. The molecule has 2 amide bonds. The Bertz CT molecular complexity index is 841. The summed E-state index contributed by atoms with van der Waals surface area (Å²) in [4.78, 5) is 27.4. The number of para-hydroxylation sites is 1. The molecule has 1 aromatic heterocycles. The topological polar surface area (TPSA) is 98.0 Å². The van der Waals surface area contributed by atoms with Crippen molar-refractivity contribution < 1.29 is 23.5 Å². The van der Waals surface area contributed by atoms with Crippen molar-refractivity contribution >= 4 is 35.4 Å². The predicted octanol–water partition coefficient (Wildman–Crippen LogP) is 2.69. The summed E-state index contributed by atoms with van der Waals surface area (Å²) < 4.78 is 16.0. The van der Waals surface area contributed by atoms with Crippen LogP contribution in [-0.4, -0.2) is 70.5 Å². The van der Waals surface area contributed by atoms with E-state index in [-0.39, 0.29) is 24.4 Å². The molecule has 0 unspecified atom stereocenters. The Morgan fingerprint density at radius 3 is 2.62 bits per heavy atom. The Kier molecular flexibility index (Phi) is 7.59. The number of rotatable bonds is 7. The standard InChI is InChI=1S/C18H21ClN4O5S/c1-2-26-18(25)23-9-7-22(8-10-23)16(24)12-29-17-21-20-15(28-17)11-27-14-6-4-3-5-13(14)19/h3-6H,2,7-12H2,1H3. The minimum atomic E-state index is -0.341. The maximum Gasteiger partial charge on any atom is 0.409 e. The van der Waals surface area contributed by atoms with Crippen LogP contribution in [0.2, 0.25) is 5.02 Å². The number of thioether (sulfide) groups is 1. The maximum atomic E-state index is 12.4. The number of aromatic nitrogens is 2. The van der Waals surface area contributed by atoms with Crippen LogP contribution in [-0.2, 0) is 16.1 Å². The molecule has 11 heteroatoms. The summed E-state index contributed by atoms with van der Waals surface area (Å²) in [7, 11) is 0. The van der Waals surface area contributed by atoms with Gasteiger partial charge in [-0.15, -0.1) is 10.2 Å². The van der Waals surface area contributed by atoms with E-state index < -0.39 is 0 Å². The zero-order valence-electron chi connectivity index (χ0n) is 15.9. The second-order valence-electron chi connectivity index (χ2n) is 6.04. The second kappa shape index (κ2) is 10.4. The van der Waals surface area contributed by atoms with Gasteiger partial charge in [-0.05, 0) is 19.1 Å². The van der Waals surface area contributed by atoms with E-state index in [1.54, 1.807) is 28.9 Å². The fourth-order valence-electron chi connectivity index (χ4n) is 2.62. The smallest absolute Gasteiger partial charge is 0.409 e. The molecule has 0 radical (unpaired) electrons. The molecule has 1 fully saturated rings. The van der Waals surface area contributed by atoms with Gasteiger partial charge in [0.2, 0.25) is 5.91 Å². The molecule has 2 heterocycles. The van der Waals surface area contributed by atoms with Gasteiger partial charge in [-0.1, -0.05) is 35.5 Å². The van der Waals surface area contributed by atoms with Gasteiger partial charge < -0.3 is 23.7 Å². The molecule has 1 saturated heterocycles. The molecule has 0 bridgehead atoms. The number of ether oxygens (including phenoxy) is 2. The molecule has 29 heavy (non-hydrogen) atoms. The Hall–Kier alpha value is -2.46. The van der Waals surface area contributed by atoms with Gasteiger partial charge in [0, 0.05) is 26.2 Å². The Balaban J connectivity index is 1.41. The molecule has 156 valence electrons. The van der Waals surface area contributed by atoms with Gasteiger partial charge in [-0.2, -0.15) is 0 Å². The molecule has 2 aromatic rings. The van der Waals surface area contributed by atoms with Crippen LogP contribution >= 0.6 is 23.4 Å². The fourth-order valence-corrected chi connectivity index (χ4v) is 3.50. The lowest BCUT2D eigenvalue weighted by Crippen LogP contribution is -2.51.